The quantitative estimate of drug-likeness (QED) is 0.780. The number of piperidine rings is 1. The highest BCUT2D eigenvalue weighted by Crippen LogP contribution is 2.27. The zero-order valence-electron chi connectivity index (χ0n) is 15.5. The van der Waals surface area contributed by atoms with Gasteiger partial charge in [-0.1, -0.05) is 18.2 Å². The molecule has 1 heterocycles. The fourth-order valence-corrected chi connectivity index (χ4v) is 3.50. The minimum atomic E-state index is 0.149. The fraction of sp³-hybridized carbons (Fsp3) is 0.550. The van der Waals surface area contributed by atoms with E-state index < -0.39 is 0 Å². The van der Waals surface area contributed by atoms with Crippen LogP contribution in [0.3, 0.4) is 0 Å². The fourth-order valence-electron chi connectivity index (χ4n) is 3.50. The second kappa shape index (κ2) is 9.60. The summed E-state index contributed by atoms with van der Waals surface area (Å²) in [5, 5.41) is 3.45. The van der Waals surface area contributed by atoms with Gasteiger partial charge in [-0.25, -0.2) is 0 Å². The number of hydrogen-bond donors (Lipinski definition) is 1. The van der Waals surface area contributed by atoms with Crippen LogP contribution in [-0.2, 0) is 0 Å². The lowest BCUT2D eigenvalue weighted by Crippen LogP contribution is -2.38. The van der Waals surface area contributed by atoms with E-state index in [1.165, 1.54) is 18.4 Å². The van der Waals surface area contributed by atoms with Gasteiger partial charge in [-0.05, 0) is 69.6 Å². The second-order valence-electron chi connectivity index (χ2n) is 6.46. The van der Waals surface area contributed by atoms with Gasteiger partial charge in [0, 0.05) is 13.6 Å². The van der Waals surface area contributed by atoms with E-state index >= 15 is 0 Å². The first-order chi connectivity index (χ1) is 11.7. The molecule has 1 aromatic carbocycles. The molecule has 1 saturated heterocycles. The number of nitrogens with zero attached hydrogens (tertiary/aromatic N) is 2. The van der Waals surface area contributed by atoms with Crippen molar-refractivity contribution in [2.24, 2.45) is 10.9 Å². The summed E-state index contributed by atoms with van der Waals surface area (Å²) in [5.74, 6) is 1.64. The van der Waals surface area contributed by atoms with Crippen LogP contribution < -0.4 is 10.1 Å². The summed E-state index contributed by atoms with van der Waals surface area (Å²) in [6.45, 7) is 5.39. The van der Waals surface area contributed by atoms with Gasteiger partial charge in [-0.3, -0.25) is 9.89 Å². The van der Waals surface area contributed by atoms with Crippen LogP contribution in [-0.4, -0.2) is 51.5 Å². The van der Waals surface area contributed by atoms with Gasteiger partial charge in [-0.15, -0.1) is 0 Å². The van der Waals surface area contributed by atoms with Crippen LogP contribution in [0.4, 0.5) is 0 Å². The molecule has 0 aliphatic carbocycles. The molecule has 0 spiro atoms. The molecule has 0 bridgehead atoms. The first-order valence-electron chi connectivity index (χ1n) is 8.83. The average molecular weight is 329 g/mol. The Labute approximate surface area is 146 Å². The second-order valence-corrected chi connectivity index (χ2v) is 6.46. The Hall–Kier alpha value is -1.65. The van der Waals surface area contributed by atoms with Crippen molar-refractivity contribution in [2.75, 3.05) is 40.8 Å². The molecule has 1 aliphatic rings. The predicted molar refractivity (Wildman–Crippen MR) is 102 cm³/mol. The molecule has 1 aliphatic heterocycles. The van der Waals surface area contributed by atoms with Crippen LogP contribution in [0.15, 0.2) is 41.4 Å². The van der Waals surface area contributed by atoms with E-state index in [0.29, 0.717) is 0 Å². The van der Waals surface area contributed by atoms with Crippen molar-refractivity contribution in [3.63, 3.8) is 0 Å². The van der Waals surface area contributed by atoms with Gasteiger partial charge in [0.25, 0.3) is 0 Å². The van der Waals surface area contributed by atoms with E-state index in [1.54, 1.807) is 7.11 Å². The molecule has 132 valence electrons. The first kappa shape index (κ1) is 18.7. The smallest absolute Gasteiger partial charge is 0.119 e. The summed E-state index contributed by atoms with van der Waals surface area (Å²) >= 11 is 0. The van der Waals surface area contributed by atoms with Gasteiger partial charge >= 0.3 is 0 Å². The average Bonchev–Trinajstić information content (AvgIpc) is 2.62. The van der Waals surface area contributed by atoms with E-state index in [4.69, 9.17) is 4.74 Å². The molecule has 1 fully saturated rings. The standard InChI is InChI=1S/C20H31N3O/c1-5-7-19(21-2)20(17-8-6-9-18(14-17)24-4)23(3)15-16-10-12-22-13-11-16/h5-9,14,16,20,22H,10-13,15H2,1-4H3/b7-5-,21-19?. The third-order valence-corrected chi connectivity index (χ3v) is 4.73. The molecule has 0 saturated carbocycles. The van der Waals surface area contributed by atoms with E-state index in [9.17, 15) is 0 Å². The van der Waals surface area contributed by atoms with Crippen LogP contribution in [0.2, 0.25) is 0 Å². The van der Waals surface area contributed by atoms with Gasteiger partial charge in [0.15, 0.2) is 0 Å². The lowest BCUT2D eigenvalue weighted by Gasteiger charge is -2.33. The summed E-state index contributed by atoms with van der Waals surface area (Å²) < 4.78 is 5.42. The van der Waals surface area contributed by atoms with Crippen LogP contribution >= 0.6 is 0 Å². The third-order valence-electron chi connectivity index (χ3n) is 4.73. The normalized spacial score (nSPS) is 18.3. The van der Waals surface area contributed by atoms with Gasteiger partial charge in [0.1, 0.15) is 5.75 Å². The number of allylic oxidation sites excluding steroid dienone is 1. The van der Waals surface area contributed by atoms with Crippen molar-refractivity contribution in [2.45, 2.75) is 25.8 Å². The van der Waals surface area contributed by atoms with Crippen LogP contribution in [0.25, 0.3) is 0 Å². The molecular weight excluding hydrogens is 298 g/mol. The maximum Gasteiger partial charge on any atom is 0.119 e. The van der Waals surface area contributed by atoms with E-state index in [1.807, 2.05) is 20.0 Å². The Kier molecular flexibility index (Phi) is 7.47. The summed E-state index contributed by atoms with van der Waals surface area (Å²) in [4.78, 5) is 7.00. The SMILES string of the molecule is C/C=C\C(=NC)C(c1cccc(OC)c1)N(C)CC1CCNCC1. The molecule has 0 aromatic heterocycles. The van der Waals surface area contributed by atoms with Crippen LogP contribution in [0.1, 0.15) is 31.4 Å². The lowest BCUT2D eigenvalue weighted by molar-refractivity contribution is 0.220. The highest BCUT2D eigenvalue weighted by Gasteiger charge is 2.25. The molecule has 2 rings (SSSR count). The molecule has 4 heteroatoms. The molecular formula is C20H31N3O. The Balaban J connectivity index is 2.27. The Morgan fingerprint density at radius 1 is 1.42 bits per heavy atom. The van der Waals surface area contributed by atoms with Crippen LogP contribution in [0.5, 0.6) is 5.75 Å². The molecule has 1 N–H and O–H groups in total. The lowest BCUT2D eigenvalue weighted by atomic mass is 9.94. The van der Waals surface area contributed by atoms with E-state index in [-0.39, 0.29) is 6.04 Å². The van der Waals surface area contributed by atoms with Gasteiger partial charge in [0.2, 0.25) is 0 Å². The highest BCUT2D eigenvalue weighted by molar-refractivity contribution is 5.99. The first-order valence-corrected chi connectivity index (χ1v) is 8.83. The van der Waals surface area contributed by atoms with Crippen molar-refractivity contribution in [3.8, 4) is 5.75 Å². The zero-order valence-corrected chi connectivity index (χ0v) is 15.5. The van der Waals surface area contributed by atoms with E-state index in [0.717, 1.165) is 37.0 Å². The maximum atomic E-state index is 5.42. The molecule has 0 radical (unpaired) electrons. The largest absolute Gasteiger partial charge is 0.497 e. The third kappa shape index (κ3) is 4.92. The molecule has 24 heavy (non-hydrogen) atoms. The van der Waals surface area contributed by atoms with E-state index in [2.05, 4.69) is 52.6 Å². The minimum Gasteiger partial charge on any atom is -0.497 e. The topological polar surface area (TPSA) is 36.9 Å². The van der Waals surface area contributed by atoms with Crippen LogP contribution in [0, 0.1) is 5.92 Å². The monoisotopic (exact) mass is 329 g/mol. The number of benzene rings is 1. The summed E-state index contributed by atoms with van der Waals surface area (Å²) in [5.41, 5.74) is 2.31. The molecule has 4 nitrogen and oxygen atoms in total. The van der Waals surface area contributed by atoms with Gasteiger partial charge in [0.05, 0.1) is 18.9 Å². The van der Waals surface area contributed by atoms with Crippen molar-refractivity contribution in [1.29, 1.82) is 0 Å². The number of nitrogens with one attached hydrogen (secondary N) is 1. The molecule has 0 amide bonds. The Morgan fingerprint density at radius 3 is 2.79 bits per heavy atom. The van der Waals surface area contributed by atoms with Crippen molar-refractivity contribution in [1.82, 2.24) is 10.2 Å². The number of methoxy groups -OCH3 is 1. The number of rotatable bonds is 7. The highest BCUT2D eigenvalue weighted by atomic mass is 16.5. The van der Waals surface area contributed by atoms with Gasteiger partial charge < -0.3 is 10.1 Å². The number of ether oxygens (including phenoxy) is 1. The summed E-state index contributed by atoms with van der Waals surface area (Å²) in [7, 11) is 5.80. The Morgan fingerprint density at radius 2 is 2.17 bits per heavy atom. The van der Waals surface area contributed by atoms with Crippen molar-refractivity contribution in [3.05, 3.63) is 42.0 Å². The van der Waals surface area contributed by atoms with Crippen molar-refractivity contribution < 1.29 is 4.74 Å². The summed E-state index contributed by atoms with van der Waals surface area (Å²) in [6.07, 6.45) is 6.67. The number of aliphatic imine (C=N–C) groups is 1. The zero-order chi connectivity index (χ0) is 17.4. The maximum absolute atomic E-state index is 5.42. The predicted octanol–water partition coefficient (Wildman–Crippen LogP) is 3.31. The molecule has 1 unspecified atom stereocenters. The minimum absolute atomic E-state index is 0.149. The number of hydrogen-bond acceptors (Lipinski definition) is 4. The molecule has 1 aromatic rings. The van der Waals surface area contributed by atoms with Gasteiger partial charge in [-0.2, -0.15) is 0 Å². The Bertz CT molecular complexity index is 562. The van der Waals surface area contributed by atoms with Crippen molar-refractivity contribution >= 4 is 5.71 Å². The molecule has 1 atom stereocenters. The summed E-state index contributed by atoms with van der Waals surface area (Å²) in [6, 6.07) is 8.49.